The standard InChI is InChI=1S/C19H24N6O/c1-13-9-14(2)25-19(22-13)15(10-21-25)11-24-7-8-26-17(12-24)16-5-4-6-18(20-3)23-16/h4-6,9-10,17H,7-8,11-12H2,1-3H3,(H,20,23)/t17-/m0/s1. The molecule has 7 heteroatoms. The summed E-state index contributed by atoms with van der Waals surface area (Å²) < 4.78 is 7.89. The molecule has 1 aliphatic heterocycles. The fourth-order valence-electron chi connectivity index (χ4n) is 3.46. The van der Waals surface area contributed by atoms with Gasteiger partial charge < -0.3 is 10.1 Å². The van der Waals surface area contributed by atoms with E-state index >= 15 is 0 Å². The van der Waals surface area contributed by atoms with Crippen LogP contribution >= 0.6 is 0 Å². The van der Waals surface area contributed by atoms with Crippen LogP contribution in [0, 0.1) is 13.8 Å². The summed E-state index contributed by atoms with van der Waals surface area (Å²) in [6, 6.07) is 8.05. The Morgan fingerprint density at radius 3 is 3.00 bits per heavy atom. The molecule has 3 aromatic rings. The first kappa shape index (κ1) is 16.9. The summed E-state index contributed by atoms with van der Waals surface area (Å²) in [4.78, 5) is 11.7. The van der Waals surface area contributed by atoms with E-state index in [0.29, 0.717) is 6.61 Å². The molecule has 0 aromatic carbocycles. The molecule has 0 radical (unpaired) electrons. The molecule has 1 aliphatic rings. The summed E-state index contributed by atoms with van der Waals surface area (Å²) in [5.41, 5.74) is 5.18. The molecular weight excluding hydrogens is 328 g/mol. The van der Waals surface area contributed by atoms with Gasteiger partial charge in [-0.3, -0.25) is 4.90 Å². The Morgan fingerprint density at radius 1 is 1.27 bits per heavy atom. The minimum atomic E-state index is -0.0182. The average molecular weight is 352 g/mol. The van der Waals surface area contributed by atoms with E-state index < -0.39 is 0 Å². The van der Waals surface area contributed by atoms with Gasteiger partial charge in [0.15, 0.2) is 5.65 Å². The smallest absolute Gasteiger partial charge is 0.159 e. The topological polar surface area (TPSA) is 67.6 Å². The predicted molar refractivity (Wildman–Crippen MR) is 100 cm³/mol. The largest absolute Gasteiger partial charge is 0.373 e. The van der Waals surface area contributed by atoms with E-state index in [1.165, 1.54) is 0 Å². The van der Waals surface area contributed by atoms with Crippen LogP contribution in [0.1, 0.15) is 28.7 Å². The van der Waals surface area contributed by atoms with Gasteiger partial charge in [0, 0.05) is 43.6 Å². The maximum atomic E-state index is 5.97. The number of hydrogen-bond acceptors (Lipinski definition) is 6. The van der Waals surface area contributed by atoms with Gasteiger partial charge in [-0.1, -0.05) is 6.07 Å². The molecule has 3 aromatic heterocycles. The van der Waals surface area contributed by atoms with Crippen LogP contribution in [-0.2, 0) is 11.3 Å². The first-order valence-electron chi connectivity index (χ1n) is 8.93. The van der Waals surface area contributed by atoms with Crippen molar-refractivity contribution in [2.45, 2.75) is 26.5 Å². The first-order valence-corrected chi connectivity index (χ1v) is 8.93. The molecule has 136 valence electrons. The number of nitrogens with zero attached hydrogens (tertiary/aromatic N) is 5. The van der Waals surface area contributed by atoms with Crippen LogP contribution in [0.15, 0.2) is 30.5 Å². The Hall–Kier alpha value is -2.51. The molecule has 1 fully saturated rings. The first-order chi connectivity index (χ1) is 12.6. The van der Waals surface area contributed by atoms with Gasteiger partial charge in [-0.2, -0.15) is 5.10 Å². The average Bonchev–Trinajstić information content (AvgIpc) is 3.05. The van der Waals surface area contributed by atoms with Gasteiger partial charge in [-0.05, 0) is 32.0 Å². The minimum Gasteiger partial charge on any atom is -0.373 e. The number of aromatic nitrogens is 4. The lowest BCUT2D eigenvalue weighted by Gasteiger charge is -2.32. The van der Waals surface area contributed by atoms with Gasteiger partial charge >= 0.3 is 0 Å². The number of hydrogen-bond donors (Lipinski definition) is 1. The predicted octanol–water partition coefficient (Wildman–Crippen LogP) is 2.36. The van der Waals surface area contributed by atoms with Gasteiger partial charge in [0.25, 0.3) is 0 Å². The van der Waals surface area contributed by atoms with Gasteiger partial charge in [0.1, 0.15) is 11.9 Å². The molecule has 26 heavy (non-hydrogen) atoms. The number of aryl methyl sites for hydroxylation is 2. The maximum absolute atomic E-state index is 5.97. The monoisotopic (exact) mass is 352 g/mol. The van der Waals surface area contributed by atoms with Crippen LogP contribution in [-0.4, -0.2) is 51.2 Å². The highest BCUT2D eigenvalue weighted by atomic mass is 16.5. The number of anilines is 1. The number of morpholine rings is 1. The molecule has 4 heterocycles. The summed E-state index contributed by atoms with van der Waals surface area (Å²) in [7, 11) is 1.88. The fraction of sp³-hybridized carbons (Fsp3) is 0.421. The normalized spacial score (nSPS) is 18.3. The third-order valence-corrected chi connectivity index (χ3v) is 4.75. The summed E-state index contributed by atoms with van der Waals surface area (Å²) in [6.07, 6.45) is 1.91. The number of ether oxygens (including phenoxy) is 1. The van der Waals surface area contributed by atoms with E-state index in [4.69, 9.17) is 4.74 Å². The van der Waals surface area contributed by atoms with Crippen molar-refractivity contribution in [1.82, 2.24) is 24.5 Å². The second-order valence-corrected chi connectivity index (χ2v) is 6.74. The van der Waals surface area contributed by atoms with Crippen LogP contribution in [0.3, 0.4) is 0 Å². The van der Waals surface area contributed by atoms with E-state index in [2.05, 4.69) is 38.3 Å². The van der Waals surface area contributed by atoms with E-state index in [9.17, 15) is 0 Å². The van der Waals surface area contributed by atoms with Crippen molar-refractivity contribution in [2.24, 2.45) is 0 Å². The highest BCUT2D eigenvalue weighted by Gasteiger charge is 2.24. The Balaban J connectivity index is 1.54. The second kappa shape index (κ2) is 7.01. The van der Waals surface area contributed by atoms with Crippen LogP contribution < -0.4 is 5.32 Å². The molecule has 0 bridgehead atoms. The lowest BCUT2D eigenvalue weighted by atomic mass is 10.1. The zero-order valence-electron chi connectivity index (χ0n) is 15.4. The molecule has 1 N–H and O–H groups in total. The Bertz CT molecular complexity index is 922. The van der Waals surface area contributed by atoms with Crippen LogP contribution in [0.5, 0.6) is 0 Å². The Morgan fingerprint density at radius 2 is 2.15 bits per heavy atom. The number of rotatable bonds is 4. The van der Waals surface area contributed by atoms with Crippen LogP contribution in [0.4, 0.5) is 5.82 Å². The lowest BCUT2D eigenvalue weighted by Crippen LogP contribution is -2.38. The molecule has 7 nitrogen and oxygen atoms in total. The van der Waals surface area contributed by atoms with Crippen molar-refractivity contribution < 1.29 is 4.74 Å². The number of fused-ring (bicyclic) bond motifs is 1. The molecule has 0 aliphatic carbocycles. The van der Waals surface area contributed by atoms with Crippen molar-refractivity contribution >= 4 is 11.5 Å². The highest BCUT2D eigenvalue weighted by molar-refractivity contribution is 5.47. The third-order valence-electron chi connectivity index (χ3n) is 4.75. The molecule has 1 atom stereocenters. The highest BCUT2D eigenvalue weighted by Crippen LogP contribution is 2.24. The van der Waals surface area contributed by atoms with Crippen LogP contribution in [0.2, 0.25) is 0 Å². The van der Waals surface area contributed by atoms with E-state index in [1.54, 1.807) is 0 Å². The van der Waals surface area contributed by atoms with Gasteiger partial charge in [0.2, 0.25) is 0 Å². The second-order valence-electron chi connectivity index (χ2n) is 6.74. The number of nitrogens with one attached hydrogen (secondary N) is 1. The Labute approximate surface area is 153 Å². The van der Waals surface area contributed by atoms with Crippen molar-refractivity contribution in [1.29, 1.82) is 0 Å². The van der Waals surface area contributed by atoms with Crippen molar-refractivity contribution in [3.63, 3.8) is 0 Å². The van der Waals surface area contributed by atoms with Gasteiger partial charge in [0.05, 0.1) is 18.5 Å². The zero-order valence-corrected chi connectivity index (χ0v) is 15.4. The summed E-state index contributed by atoms with van der Waals surface area (Å²) >= 11 is 0. The van der Waals surface area contributed by atoms with Crippen LogP contribution in [0.25, 0.3) is 5.65 Å². The summed E-state index contributed by atoms with van der Waals surface area (Å²) in [5.74, 6) is 0.862. The molecule has 1 saturated heterocycles. The summed E-state index contributed by atoms with van der Waals surface area (Å²) in [6.45, 7) is 7.29. The SMILES string of the molecule is CNc1cccc([C@@H]2CN(Cc3cnn4c(C)cc(C)nc34)CCO2)n1. The molecule has 4 rings (SSSR count). The van der Waals surface area contributed by atoms with Crippen molar-refractivity contribution in [2.75, 3.05) is 32.1 Å². The summed E-state index contributed by atoms with van der Waals surface area (Å²) in [5, 5.41) is 7.59. The van der Waals surface area contributed by atoms with Gasteiger partial charge in [-0.25, -0.2) is 14.5 Å². The molecule has 0 saturated carbocycles. The Kier molecular flexibility index (Phi) is 4.57. The van der Waals surface area contributed by atoms with E-state index in [1.807, 2.05) is 42.9 Å². The lowest BCUT2D eigenvalue weighted by molar-refractivity contribution is -0.0348. The molecule has 0 unspecified atom stereocenters. The molecule has 0 amide bonds. The maximum Gasteiger partial charge on any atom is 0.159 e. The van der Waals surface area contributed by atoms with E-state index in [0.717, 1.165) is 53.7 Å². The number of pyridine rings is 1. The minimum absolute atomic E-state index is 0.0182. The zero-order chi connectivity index (χ0) is 18.1. The van der Waals surface area contributed by atoms with Crippen molar-refractivity contribution in [3.05, 3.63) is 53.1 Å². The quantitative estimate of drug-likeness (QED) is 0.777. The molecular formula is C19H24N6O. The van der Waals surface area contributed by atoms with Gasteiger partial charge in [-0.15, -0.1) is 0 Å². The van der Waals surface area contributed by atoms with Crippen molar-refractivity contribution in [3.8, 4) is 0 Å². The molecule has 0 spiro atoms. The van der Waals surface area contributed by atoms with E-state index in [-0.39, 0.29) is 6.10 Å². The fourth-order valence-corrected chi connectivity index (χ4v) is 3.46. The third kappa shape index (κ3) is 3.27.